The molecule has 6 nitrogen and oxygen atoms in total. The van der Waals surface area contributed by atoms with Gasteiger partial charge in [0, 0.05) is 22.2 Å². The molecule has 2 saturated heterocycles. The number of rotatable bonds is 4. The SMILES string of the molecule is CC1(C)CC(/C(C(=O)O)=C(/C(=O)O)C2CC(C)(C)NC(C)(C)C2)CC(C)(C)N1. The molecule has 6 heteroatoms. The van der Waals surface area contributed by atoms with Gasteiger partial charge in [-0.25, -0.2) is 9.59 Å². The number of carbonyl (C=O) groups is 2. The van der Waals surface area contributed by atoms with Crippen molar-refractivity contribution in [1.29, 1.82) is 0 Å². The van der Waals surface area contributed by atoms with Crippen LogP contribution in [0.25, 0.3) is 0 Å². The third-order valence-electron chi connectivity index (χ3n) is 5.95. The number of hydrogen-bond donors (Lipinski definition) is 4. The highest BCUT2D eigenvalue weighted by Crippen LogP contribution is 2.43. The minimum absolute atomic E-state index is 0.105. The molecule has 160 valence electrons. The Labute approximate surface area is 169 Å². The van der Waals surface area contributed by atoms with Crippen LogP contribution in [0.5, 0.6) is 0 Å². The van der Waals surface area contributed by atoms with Crippen LogP contribution in [0.2, 0.25) is 0 Å². The first-order valence-corrected chi connectivity index (χ1v) is 10.2. The first-order chi connectivity index (χ1) is 12.4. The van der Waals surface area contributed by atoms with Crippen molar-refractivity contribution in [3.05, 3.63) is 11.1 Å². The number of aliphatic carboxylic acids is 2. The molecule has 0 aromatic carbocycles. The summed E-state index contributed by atoms with van der Waals surface area (Å²) in [4.78, 5) is 24.7. The molecule has 0 saturated carbocycles. The van der Waals surface area contributed by atoms with E-state index in [9.17, 15) is 19.8 Å². The molecular weight excluding hydrogens is 356 g/mol. The maximum Gasteiger partial charge on any atom is 0.332 e. The summed E-state index contributed by atoms with van der Waals surface area (Å²) in [7, 11) is 0. The van der Waals surface area contributed by atoms with Crippen LogP contribution >= 0.6 is 0 Å². The molecule has 2 fully saturated rings. The third-order valence-corrected chi connectivity index (χ3v) is 5.95. The summed E-state index contributed by atoms with van der Waals surface area (Å²) in [5.74, 6) is -2.78. The molecular formula is C22H38N2O4. The van der Waals surface area contributed by atoms with Crippen LogP contribution in [-0.4, -0.2) is 44.3 Å². The molecule has 0 amide bonds. The van der Waals surface area contributed by atoms with E-state index in [1.807, 2.05) is 0 Å². The number of hydrogen-bond acceptors (Lipinski definition) is 4. The number of carboxylic acid groups (broad SMARTS) is 2. The van der Waals surface area contributed by atoms with E-state index in [0.717, 1.165) is 0 Å². The highest BCUT2D eigenvalue weighted by atomic mass is 16.4. The molecule has 4 N–H and O–H groups in total. The van der Waals surface area contributed by atoms with Gasteiger partial charge in [-0.2, -0.15) is 0 Å². The minimum Gasteiger partial charge on any atom is -0.478 e. The molecule has 2 heterocycles. The zero-order valence-electron chi connectivity index (χ0n) is 18.7. The van der Waals surface area contributed by atoms with Gasteiger partial charge in [0.2, 0.25) is 0 Å². The highest BCUT2D eigenvalue weighted by molar-refractivity contribution is 5.99. The molecule has 0 aliphatic carbocycles. The van der Waals surface area contributed by atoms with E-state index in [2.05, 4.69) is 66.0 Å². The lowest BCUT2D eigenvalue weighted by molar-refractivity contribution is -0.137. The van der Waals surface area contributed by atoms with Crippen LogP contribution in [0.1, 0.15) is 81.1 Å². The Bertz CT molecular complexity index is 599. The molecule has 0 spiro atoms. The van der Waals surface area contributed by atoms with Gasteiger partial charge in [0.1, 0.15) is 0 Å². The van der Waals surface area contributed by atoms with Crippen molar-refractivity contribution in [3.8, 4) is 0 Å². The van der Waals surface area contributed by atoms with Gasteiger partial charge in [-0.1, -0.05) is 0 Å². The number of nitrogens with one attached hydrogen (secondary N) is 2. The summed E-state index contributed by atoms with van der Waals surface area (Å²) in [5, 5.41) is 27.4. The van der Waals surface area contributed by atoms with E-state index in [1.165, 1.54) is 0 Å². The summed E-state index contributed by atoms with van der Waals surface area (Å²) in [5.41, 5.74) is -0.832. The fourth-order valence-corrected chi connectivity index (χ4v) is 6.07. The first kappa shape index (κ1) is 22.9. The second-order valence-electron chi connectivity index (χ2n) is 11.4. The fraction of sp³-hybridized carbons (Fsp3) is 0.818. The maximum atomic E-state index is 12.4. The molecule has 0 radical (unpaired) electrons. The second kappa shape index (κ2) is 7.13. The average Bonchev–Trinajstić information content (AvgIpc) is 2.36. The zero-order valence-corrected chi connectivity index (χ0v) is 18.7. The van der Waals surface area contributed by atoms with Crippen molar-refractivity contribution >= 4 is 11.9 Å². The third kappa shape index (κ3) is 5.35. The summed E-state index contributed by atoms with van der Waals surface area (Å²) in [6, 6.07) is 0. The molecule has 0 aromatic rings. The van der Waals surface area contributed by atoms with Crippen molar-refractivity contribution in [1.82, 2.24) is 10.6 Å². The number of piperidine rings is 2. The van der Waals surface area contributed by atoms with Crippen molar-refractivity contribution in [2.24, 2.45) is 11.8 Å². The molecule has 0 bridgehead atoms. The van der Waals surface area contributed by atoms with Gasteiger partial charge in [-0.15, -0.1) is 0 Å². The Morgan fingerprint density at radius 2 is 0.821 bits per heavy atom. The van der Waals surface area contributed by atoms with Crippen LogP contribution in [-0.2, 0) is 9.59 Å². The molecule has 0 unspecified atom stereocenters. The standard InChI is InChI=1S/C22H38N2O4/c1-19(2)9-13(10-20(3,4)23-19)15(17(25)26)16(18(27)28)14-11-21(5,6)24-22(7,8)12-14/h13-14,23-24H,9-12H2,1-8H3,(H,25,26)(H,27,28)/b16-15-. The second-order valence-corrected chi connectivity index (χ2v) is 11.4. The summed E-state index contributed by atoms with van der Waals surface area (Å²) in [6.07, 6.45) is 2.42. The van der Waals surface area contributed by atoms with E-state index in [-0.39, 0.29) is 45.1 Å². The predicted molar refractivity (Wildman–Crippen MR) is 110 cm³/mol. The topological polar surface area (TPSA) is 98.7 Å². The van der Waals surface area contributed by atoms with Gasteiger partial charge in [0.15, 0.2) is 0 Å². The summed E-state index contributed by atoms with van der Waals surface area (Å²) >= 11 is 0. The Balaban J connectivity index is 2.59. The highest BCUT2D eigenvalue weighted by Gasteiger charge is 2.46. The van der Waals surface area contributed by atoms with Gasteiger partial charge < -0.3 is 20.8 Å². The average molecular weight is 395 g/mol. The van der Waals surface area contributed by atoms with Gasteiger partial charge in [-0.3, -0.25) is 0 Å². The molecule has 2 aliphatic rings. The van der Waals surface area contributed by atoms with Crippen molar-refractivity contribution in [2.75, 3.05) is 0 Å². The fourth-order valence-electron chi connectivity index (χ4n) is 6.07. The smallest absolute Gasteiger partial charge is 0.332 e. The van der Waals surface area contributed by atoms with E-state index in [0.29, 0.717) is 25.7 Å². The van der Waals surface area contributed by atoms with E-state index in [1.54, 1.807) is 0 Å². The lowest BCUT2D eigenvalue weighted by Gasteiger charge is -2.49. The molecule has 2 aliphatic heterocycles. The Morgan fingerprint density at radius 3 is 1.00 bits per heavy atom. The van der Waals surface area contributed by atoms with Gasteiger partial charge in [0.25, 0.3) is 0 Å². The quantitative estimate of drug-likeness (QED) is 0.544. The van der Waals surface area contributed by atoms with E-state index < -0.39 is 11.9 Å². The monoisotopic (exact) mass is 394 g/mol. The predicted octanol–water partition coefficient (Wildman–Crippen LogP) is 3.57. The van der Waals surface area contributed by atoms with E-state index >= 15 is 0 Å². The summed E-state index contributed by atoms with van der Waals surface area (Å²) in [6.45, 7) is 16.4. The summed E-state index contributed by atoms with van der Waals surface area (Å²) < 4.78 is 0. The molecule has 28 heavy (non-hydrogen) atoms. The Morgan fingerprint density at radius 1 is 0.607 bits per heavy atom. The van der Waals surface area contributed by atoms with Gasteiger partial charge >= 0.3 is 11.9 Å². The van der Waals surface area contributed by atoms with Crippen molar-refractivity contribution in [3.63, 3.8) is 0 Å². The van der Waals surface area contributed by atoms with Crippen molar-refractivity contribution < 1.29 is 19.8 Å². The van der Waals surface area contributed by atoms with Crippen LogP contribution in [0, 0.1) is 11.8 Å². The lowest BCUT2D eigenvalue weighted by Crippen LogP contribution is -2.59. The first-order valence-electron chi connectivity index (χ1n) is 10.2. The molecule has 0 aromatic heterocycles. The maximum absolute atomic E-state index is 12.4. The van der Waals surface area contributed by atoms with Crippen molar-refractivity contribution in [2.45, 2.75) is 103 Å². The van der Waals surface area contributed by atoms with Crippen LogP contribution in [0.15, 0.2) is 11.1 Å². The zero-order chi connectivity index (χ0) is 21.7. The minimum atomic E-state index is -1.09. The molecule has 2 rings (SSSR count). The molecule has 0 atom stereocenters. The van der Waals surface area contributed by atoms with Gasteiger partial charge in [0.05, 0.1) is 11.1 Å². The van der Waals surface area contributed by atoms with Crippen LogP contribution in [0.4, 0.5) is 0 Å². The number of carboxylic acids is 2. The largest absolute Gasteiger partial charge is 0.478 e. The lowest BCUT2D eigenvalue weighted by atomic mass is 9.67. The normalized spacial score (nSPS) is 27.7. The Hall–Kier alpha value is -1.40. The van der Waals surface area contributed by atoms with E-state index in [4.69, 9.17) is 0 Å². The van der Waals surface area contributed by atoms with Crippen LogP contribution < -0.4 is 10.6 Å². The van der Waals surface area contributed by atoms with Crippen LogP contribution in [0.3, 0.4) is 0 Å². The Kier molecular flexibility index (Phi) is 5.83. The van der Waals surface area contributed by atoms with Gasteiger partial charge in [-0.05, 0) is 92.9 Å².